The van der Waals surface area contributed by atoms with Crippen molar-refractivity contribution >= 4 is 28.9 Å². The molecule has 0 aliphatic heterocycles. The highest BCUT2D eigenvalue weighted by Crippen LogP contribution is 2.38. The number of hydrogen-bond acceptors (Lipinski definition) is 7. The fraction of sp³-hybridized carbons (Fsp3) is 0.292. The molecule has 0 amide bonds. The highest BCUT2D eigenvalue weighted by molar-refractivity contribution is 6.03. The summed E-state index contributed by atoms with van der Waals surface area (Å²) in [6.07, 6.45) is 1.16. The van der Waals surface area contributed by atoms with E-state index in [2.05, 4.69) is 29.5 Å². The van der Waals surface area contributed by atoms with Crippen molar-refractivity contribution in [1.82, 2.24) is 9.97 Å². The zero-order valence-electron chi connectivity index (χ0n) is 18.2. The molecule has 160 valence electrons. The zero-order chi connectivity index (χ0) is 22.0. The second kappa shape index (κ2) is 8.26. The second-order valence-corrected chi connectivity index (χ2v) is 8.37. The van der Waals surface area contributed by atoms with Crippen molar-refractivity contribution in [3.05, 3.63) is 59.8 Å². The maximum absolute atomic E-state index is 13.0. The lowest BCUT2D eigenvalue weighted by molar-refractivity contribution is 0.0911. The van der Waals surface area contributed by atoms with Gasteiger partial charge in [0.15, 0.2) is 5.78 Å². The quantitative estimate of drug-likeness (QED) is 0.573. The molecule has 1 aliphatic rings. The van der Waals surface area contributed by atoms with Gasteiger partial charge in [-0.25, -0.2) is 4.98 Å². The van der Waals surface area contributed by atoms with Crippen LogP contribution in [0.4, 0.5) is 23.1 Å². The minimum atomic E-state index is -0.146. The number of methoxy groups -OCH3 is 2. The highest BCUT2D eigenvalue weighted by Gasteiger charge is 2.35. The van der Waals surface area contributed by atoms with Crippen LogP contribution in [0, 0.1) is 5.41 Å². The van der Waals surface area contributed by atoms with Gasteiger partial charge in [-0.05, 0) is 60.4 Å². The molecule has 1 aliphatic carbocycles. The summed E-state index contributed by atoms with van der Waals surface area (Å²) in [7, 11) is 3.26. The predicted octanol–water partition coefficient (Wildman–Crippen LogP) is 5.14. The van der Waals surface area contributed by atoms with E-state index in [1.54, 1.807) is 14.2 Å². The normalized spacial score (nSPS) is 14.5. The first-order valence-electron chi connectivity index (χ1n) is 10.1. The molecule has 4 rings (SSSR count). The van der Waals surface area contributed by atoms with Gasteiger partial charge in [0.2, 0.25) is 5.95 Å². The standard InChI is InChI=1S/C24H26N4O3/c1-24(2)13-19-21(20(29)14-24)22(25-15-5-9-17(30-3)10-6-15)28-23(27-19)26-16-7-11-18(31-4)12-8-16/h5-12H,13-14H2,1-4H3,(H2,25,26,27,28). The van der Waals surface area contributed by atoms with Crippen LogP contribution in [0.15, 0.2) is 48.5 Å². The Labute approximate surface area is 181 Å². The number of ether oxygens (including phenoxy) is 2. The maximum Gasteiger partial charge on any atom is 0.229 e. The predicted molar refractivity (Wildman–Crippen MR) is 121 cm³/mol. The van der Waals surface area contributed by atoms with Crippen LogP contribution >= 0.6 is 0 Å². The van der Waals surface area contributed by atoms with Crippen molar-refractivity contribution in [3.8, 4) is 11.5 Å². The van der Waals surface area contributed by atoms with Crippen LogP contribution in [0.5, 0.6) is 11.5 Å². The van der Waals surface area contributed by atoms with E-state index in [0.717, 1.165) is 28.6 Å². The van der Waals surface area contributed by atoms with E-state index in [-0.39, 0.29) is 11.2 Å². The number of ketones is 1. The number of carbonyl (C=O) groups excluding carboxylic acids is 1. The first kappa shape index (κ1) is 20.7. The van der Waals surface area contributed by atoms with Crippen molar-refractivity contribution in [2.45, 2.75) is 26.7 Å². The Morgan fingerprint density at radius 3 is 1.90 bits per heavy atom. The van der Waals surface area contributed by atoms with Crippen molar-refractivity contribution in [1.29, 1.82) is 0 Å². The topological polar surface area (TPSA) is 85.4 Å². The molecule has 0 radical (unpaired) electrons. The van der Waals surface area contributed by atoms with Crippen LogP contribution in [-0.4, -0.2) is 30.0 Å². The number of nitrogens with one attached hydrogen (secondary N) is 2. The SMILES string of the molecule is COc1ccc(Nc2nc3c(c(Nc4ccc(OC)cc4)n2)C(=O)CC(C)(C)C3)cc1. The Bertz CT molecular complexity index is 1090. The molecule has 3 aromatic rings. The van der Waals surface area contributed by atoms with Gasteiger partial charge in [0.05, 0.1) is 25.5 Å². The minimum absolute atomic E-state index is 0.0539. The average Bonchev–Trinajstić information content (AvgIpc) is 2.73. The molecule has 2 aromatic carbocycles. The molecule has 1 aromatic heterocycles. The van der Waals surface area contributed by atoms with Crippen LogP contribution in [0.2, 0.25) is 0 Å². The molecular weight excluding hydrogens is 392 g/mol. The Balaban J connectivity index is 1.72. The third-order valence-corrected chi connectivity index (χ3v) is 5.25. The van der Waals surface area contributed by atoms with E-state index in [9.17, 15) is 4.79 Å². The molecule has 2 N–H and O–H groups in total. The van der Waals surface area contributed by atoms with Crippen LogP contribution in [0.3, 0.4) is 0 Å². The summed E-state index contributed by atoms with van der Waals surface area (Å²) in [6, 6.07) is 15.0. The fourth-order valence-corrected chi connectivity index (χ4v) is 3.73. The summed E-state index contributed by atoms with van der Waals surface area (Å²) in [5.41, 5.74) is 2.82. The summed E-state index contributed by atoms with van der Waals surface area (Å²) >= 11 is 0. The molecule has 0 spiro atoms. The number of benzene rings is 2. The van der Waals surface area contributed by atoms with Crippen LogP contribution < -0.4 is 20.1 Å². The lowest BCUT2D eigenvalue weighted by atomic mass is 9.75. The third-order valence-electron chi connectivity index (χ3n) is 5.25. The van der Waals surface area contributed by atoms with E-state index < -0.39 is 0 Å². The maximum atomic E-state index is 13.0. The number of aromatic nitrogens is 2. The van der Waals surface area contributed by atoms with E-state index in [1.807, 2.05) is 48.5 Å². The van der Waals surface area contributed by atoms with Gasteiger partial charge in [0.1, 0.15) is 17.3 Å². The Morgan fingerprint density at radius 1 is 0.806 bits per heavy atom. The zero-order valence-corrected chi connectivity index (χ0v) is 18.2. The van der Waals surface area contributed by atoms with Gasteiger partial charge in [-0.1, -0.05) is 13.8 Å². The summed E-state index contributed by atoms with van der Waals surface area (Å²) in [5, 5.41) is 6.54. The smallest absolute Gasteiger partial charge is 0.229 e. The molecule has 31 heavy (non-hydrogen) atoms. The molecular formula is C24H26N4O3. The number of hydrogen-bond donors (Lipinski definition) is 2. The summed E-state index contributed by atoms with van der Waals surface area (Å²) in [5.74, 6) is 2.52. The van der Waals surface area contributed by atoms with Crippen molar-refractivity contribution < 1.29 is 14.3 Å². The highest BCUT2D eigenvalue weighted by atomic mass is 16.5. The lowest BCUT2D eigenvalue weighted by Gasteiger charge is -2.30. The van der Waals surface area contributed by atoms with Gasteiger partial charge in [-0.2, -0.15) is 4.98 Å². The van der Waals surface area contributed by atoms with Gasteiger partial charge in [0, 0.05) is 17.8 Å². The van der Waals surface area contributed by atoms with Gasteiger partial charge in [0.25, 0.3) is 0 Å². The Hall–Kier alpha value is -3.61. The van der Waals surface area contributed by atoms with Crippen molar-refractivity contribution in [3.63, 3.8) is 0 Å². The summed E-state index contributed by atoms with van der Waals surface area (Å²) in [6.45, 7) is 4.17. The van der Waals surface area contributed by atoms with Gasteiger partial charge in [-0.15, -0.1) is 0 Å². The van der Waals surface area contributed by atoms with Gasteiger partial charge in [-0.3, -0.25) is 4.79 Å². The first-order chi connectivity index (χ1) is 14.9. The van der Waals surface area contributed by atoms with E-state index in [1.165, 1.54) is 0 Å². The van der Waals surface area contributed by atoms with Crippen molar-refractivity contribution in [2.75, 3.05) is 24.9 Å². The molecule has 0 saturated heterocycles. The van der Waals surface area contributed by atoms with Gasteiger partial charge < -0.3 is 20.1 Å². The molecule has 7 heteroatoms. The van der Waals surface area contributed by atoms with Crippen molar-refractivity contribution in [2.24, 2.45) is 5.41 Å². The fourth-order valence-electron chi connectivity index (χ4n) is 3.73. The number of Topliss-reactive ketones (excluding diaryl/α,β-unsaturated/α-hetero) is 1. The van der Waals surface area contributed by atoms with Gasteiger partial charge >= 0.3 is 0 Å². The first-order valence-corrected chi connectivity index (χ1v) is 10.1. The number of fused-ring (bicyclic) bond motifs is 1. The summed E-state index contributed by atoms with van der Waals surface area (Å²) in [4.78, 5) is 22.3. The van der Waals surface area contributed by atoms with E-state index in [0.29, 0.717) is 30.2 Å². The lowest BCUT2D eigenvalue weighted by Crippen LogP contribution is -2.29. The molecule has 0 bridgehead atoms. The average molecular weight is 418 g/mol. The number of nitrogens with zero attached hydrogens (tertiary/aromatic N) is 2. The third kappa shape index (κ3) is 4.60. The number of rotatable bonds is 6. The number of anilines is 4. The summed E-state index contributed by atoms with van der Waals surface area (Å²) < 4.78 is 10.4. The van der Waals surface area contributed by atoms with E-state index >= 15 is 0 Å². The molecule has 0 atom stereocenters. The van der Waals surface area contributed by atoms with Crippen LogP contribution in [0.1, 0.15) is 36.3 Å². The largest absolute Gasteiger partial charge is 0.497 e. The molecule has 0 saturated carbocycles. The second-order valence-electron chi connectivity index (χ2n) is 8.37. The van der Waals surface area contributed by atoms with E-state index in [4.69, 9.17) is 14.5 Å². The molecule has 0 fully saturated rings. The molecule has 0 unspecified atom stereocenters. The Morgan fingerprint density at radius 2 is 1.35 bits per heavy atom. The van der Waals surface area contributed by atoms with Crippen LogP contribution in [-0.2, 0) is 6.42 Å². The van der Waals surface area contributed by atoms with Crippen LogP contribution in [0.25, 0.3) is 0 Å². The molecule has 7 nitrogen and oxygen atoms in total. The minimum Gasteiger partial charge on any atom is -0.497 e. The molecule has 1 heterocycles. The number of carbonyl (C=O) groups is 1. The monoisotopic (exact) mass is 418 g/mol. The Kier molecular flexibility index (Phi) is 5.50.